The summed E-state index contributed by atoms with van der Waals surface area (Å²) in [5.41, 5.74) is 5.30. The second-order valence-corrected chi connectivity index (χ2v) is 4.71. The van der Waals surface area contributed by atoms with E-state index in [4.69, 9.17) is 0 Å². The number of rotatable bonds is 1. The van der Waals surface area contributed by atoms with Crippen molar-refractivity contribution in [1.82, 2.24) is 0 Å². The third kappa shape index (κ3) is 5.21. The number of halogens is 2. The van der Waals surface area contributed by atoms with Crippen LogP contribution < -0.4 is 0 Å². The molecule has 0 amide bonds. The van der Waals surface area contributed by atoms with Gasteiger partial charge in [-0.3, -0.25) is 0 Å². The monoisotopic (exact) mass is 471 g/mol. The van der Waals surface area contributed by atoms with Gasteiger partial charge in [0.2, 0.25) is 0 Å². The summed E-state index contributed by atoms with van der Waals surface area (Å²) in [6.07, 6.45) is 0. The smallest absolute Gasteiger partial charge is 0 e. The molecule has 0 bridgehead atoms. The second kappa shape index (κ2) is 10.2. The molecule has 0 nitrogen and oxygen atoms in total. The van der Waals surface area contributed by atoms with Crippen LogP contribution in [0.25, 0.3) is 21.9 Å². The molecule has 3 aromatic carbocycles. The second-order valence-electron chi connectivity index (χ2n) is 4.71. The summed E-state index contributed by atoms with van der Waals surface area (Å²) < 4.78 is 0. The molecule has 0 N–H and O–H groups in total. The Morgan fingerprint density at radius 1 is 0.810 bits per heavy atom. The fraction of sp³-hybridized carbons (Fsp3) is 0.118. The van der Waals surface area contributed by atoms with Crippen molar-refractivity contribution in [2.75, 3.05) is 0 Å². The summed E-state index contributed by atoms with van der Waals surface area (Å²) in [6, 6.07) is 19.7. The molecule has 0 heterocycles. The molecule has 0 radical (unpaired) electrons. The zero-order chi connectivity index (χ0) is 11.8. The van der Waals surface area contributed by atoms with Gasteiger partial charge in [-0.05, 0) is 12.5 Å². The largest absolute Gasteiger partial charge is 0.165 e. The van der Waals surface area contributed by atoms with Crippen molar-refractivity contribution >= 4 is 35.6 Å². The molecule has 0 aliphatic rings. The first kappa shape index (κ1) is 23.7. The molecular weight excluding hydrogens is 458 g/mol. The summed E-state index contributed by atoms with van der Waals surface area (Å²) in [6.45, 7) is 4.32. The van der Waals surface area contributed by atoms with E-state index in [1.807, 2.05) is 0 Å². The maximum absolute atomic E-state index is 2.27. The van der Waals surface area contributed by atoms with Crippen LogP contribution in [-0.4, -0.2) is 0 Å². The molecule has 4 heteroatoms. The van der Waals surface area contributed by atoms with E-state index >= 15 is 0 Å². The van der Waals surface area contributed by atoms with E-state index in [0.717, 1.165) is 0 Å². The molecule has 108 valence electrons. The van der Waals surface area contributed by atoms with Gasteiger partial charge in [-0.15, -0.1) is 53.3 Å². The number of aryl methyl sites for hydroxylation is 2. The molecule has 0 aliphatic heterocycles. The van der Waals surface area contributed by atoms with Gasteiger partial charge in [0.1, 0.15) is 0 Å². The van der Waals surface area contributed by atoms with Crippen LogP contribution in [0.5, 0.6) is 0 Å². The third-order valence-corrected chi connectivity index (χ3v) is 3.20. The van der Waals surface area contributed by atoms with Crippen LogP contribution in [0.15, 0.2) is 54.6 Å². The first-order valence-electron chi connectivity index (χ1n) is 5.97. The van der Waals surface area contributed by atoms with Crippen molar-refractivity contribution in [3.05, 3.63) is 65.7 Å². The molecule has 0 saturated heterocycles. The zero-order valence-electron chi connectivity index (χ0n) is 12.0. The molecule has 0 unspecified atom stereocenters. The van der Waals surface area contributed by atoms with Crippen LogP contribution in [0.3, 0.4) is 0 Å². The predicted octanol–water partition coefficient (Wildman–Crippen LogP) is 5.68. The number of hydrogen-bond donors (Lipinski definition) is 0. The Morgan fingerprint density at radius 2 is 1.43 bits per heavy atom. The van der Waals surface area contributed by atoms with Gasteiger partial charge in [0.25, 0.3) is 0 Å². The average Bonchev–Trinajstić information content (AvgIpc) is 2.69. The molecular formula is C17H17Cl2Zr2-. The van der Waals surface area contributed by atoms with Gasteiger partial charge in [0.05, 0.1) is 0 Å². The molecule has 3 aromatic rings. The summed E-state index contributed by atoms with van der Waals surface area (Å²) in [5.74, 6) is 0. The Hall–Kier alpha value is 0.396. The molecule has 3 rings (SSSR count). The number of hydrogen-bond acceptors (Lipinski definition) is 0. The average molecular weight is 475 g/mol. The van der Waals surface area contributed by atoms with Crippen molar-refractivity contribution < 1.29 is 52.4 Å². The number of fused-ring (bicyclic) bond motifs is 1. The van der Waals surface area contributed by atoms with E-state index in [9.17, 15) is 0 Å². The maximum atomic E-state index is 2.27. The quantitative estimate of drug-likeness (QED) is 0.398. The van der Waals surface area contributed by atoms with Gasteiger partial charge in [-0.2, -0.15) is 6.07 Å². The normalized spacial score (nSPS) is 8.86. The first-order valence-corrected chi connectivity index (χ1v) is 5.97. The minimum Gasteiger partial charge on any atom is -0.165 e. The Morgan fingerprint density at radius 3 is 2.05 bits per heavy atom. The summed E-state index contributed by atoms with van der Waals surface area (Å²) in [7, 11) is 0. The maximum Gasteiger partial charge on any atom is 0 e. The topological polar surface area (TPSA) is 0 Å². The van der Waals surface area contributed by atoms with Crippen LogP contribution in [0.2, 0.25) is 0 Å². The van der Waals surface area contributed by atoms with Crippen LogP contribution in [0, 0.1) is 13.8 Å². The Kier molecular flexibility index (Phi) is 11.5. The Balaban J connectivity index is 0. The molecule has 0 spiro atoms. The minimum absolute atomic E-state index is 0. The summed E-state index contributed by atoms with van der Waals surface area (Å²) in [5, 5.41) is 2.71. The van der Waals surface area contributed by atoms with Crippen molar-refractivity contribution in [3.63, 3.8) is 0 Å². The minimum atomic E-state index is 0. The fourth-order valence-corrected chi connectivity index (χ4v) is 2.48. The van der Waals surface area contributed by atoms with Crippen molar-refractivity contribution in [3.8, 4) is 11.1 Å². The van der Waals surface area contributed by atoms with Crippen molar-refractivity contribution in [2.24, 2.45) is 0 Å². The van der Waals surface area contributed by atoms with Crippen LogP contribution in [0.4, 0.5) is 0 Å². The third-order valence-electron chi connectivity index (χ3n) is 3.20. The van der Waals surface area contributed by atoms with Gasteiger partial charge in [0.15, 0.2) is 0 Å². The van der Waals surface area contributed by atoms with Crippen LogP contribution >= 0.6 is 24.8 Å². The van der Waals surface area contributed by atoms with Crippen LogP contribution in [-0.2, 0) is 52.4 Å². The van der Waals surface area contributed by atoms with E-state index < -0.39 is 0 Å². The Bertz CT molecular complexity index is 676. The first-order chi connectivity index (χ1) is 8.24. The predicted molar refractivity (Wildman–Crippen MR) is 88.9 cm³/mol. The van der Waals surface area contributed by atoms with E-state index in [-0.39, 0.29) is 77.2 Å². The molecule has 0 saturated carbocycles. The molecule has 21 heavy (non-hydrogen) atoms. The van der Waals surface area contributed by atoms with Crippen molar-refractivity contribution in [1.29, 1.82) is 0 Å². The molecule has 0 aliphatic carbocycles. The van der Waals surface area contributed by atoms with Gasteiger partial charge in [-0.1, -0.05) is 54.4 Å². The molecule has 0 fully saturated rings. The van der Waals surface area contributed by atoms with Gasteiger partial charge < -0.3 is 0 Å². The zero-order valence-corrected chi connectivity index (χ0v) is 18.6. The summed E-state index contributed by atoms with van der Waals surface area (Å²) >= 11 is 0. The van der Waals surface area contributed by atoms with E-state index in [2.05, 4.69) is 68.4 Å². The molecule has 0 aromatic heterocycles. The van der Waals surface area contributed by atoms with E-state index in [1.54, 1.807) is 0 Å². The molecule has 0 atom stereocenters. The standard InChI is InChI=1S/C17H15.2ClH.2Zr/c1-12-8-15-9-13(2)11-17(15)16(10-12)14-6-4-3-5-7-14;;;;/h3-11H,1-2H3;2*1H;;/q-1;;;;. The van der Waals surface area contributed by atoms with Gasteiger partial charge >= 0.3 is 0 Å². The van der Waals surface area contributed by atoms with E-state index in [0.29, 0.717) is 0 Å². The van der Waals surface area contributed by atoms with Crippen LogP contribution in [0.1, 0.15) is 11.1 Å². The Labute approximate surface area is 177 Å². The van der Waals surface area contributed by atoms with E-state index in [1.165, 1.54) is 33.0 Å². The van der Waals surface area contributed by atoms with Gasteiger partial charge in [0, 0.05) is 52.4 Å². The SMILES string of the molecule is Cc1cc(-c2ccccc2)c2cc(C)[cH-]c2c1.Cl.Cl.[Zr].[Zr]. The van der Waals surface area contributed by atoms with Crippen molar-refractivity contribution in [2.45, 2.75) is 13.8 Å². The summed E-state index contributed by atoms with van der Waals surface area (Å²) in [4.78, 5) is 0. The fourth-order valence-electron chi connectivity index (χ4n) is 2.48. The van der Waals surface area contributed by atoms with Gasteiger partial charge in [-0.25, -0.2) is 0 Å². The number of benzene rings is 2.